The molecule has 0 aliphatic heterocycles. The second-order valence-corrected chi connectivity index (χ2v) is 6.72. The molecular weight excluding hydrogens is 351 g/mol. The molecular formula is C16H34IO2+. The molecule has 3 heteroatoms. The molecule has 0 heterocycles. The highest BCUT2D eigenvalue weighted by Gasteiger charge is 2.25. The first-order valence-electron chi connectivity index (χ1n) is 8.24. The Morgan fingerprint density at radius 2 is 1.05 bits per heavy atom. The van der Waals surface area contributed by atoms with Crippen LogP contribution >= 0.6 is 0 Å². The van der Waals surface area contributed by atoms with Crippen LogP contribution in [0.5, 0.6) is 0 Å². The fourth-order valence-corrected chi connectivity index (χ4v) is 3.82. The van der Waals surface area contributed by atoms with Gasteiger partial charge in [0.25, 0.3) is 0 Å². The van der Waals surface area contributed by atoms with Crippen LogP contribution in [0.25, 0.3) is 0 Å². The summed E-state index contributed by atoms with van der Waals surface area (Å²) < 4.78 is 12.1. The van der Waals surface area contributed by atoms with Gasteiger partial charge in [0.2, 0.25) is 0 Å². The van der Waals surface area contributed by atoms with Crippen molar-refractivity contribution in [2.24, 2.45) is 0 Å². The highest BCUT2D eigenvalue weighted by Crippen LogP contribution is 2.09. The quantitative estimate of drug-likeness (QED) is 0.428. The van der Waals surface area contributed by atoms with Gasteiger partial charge in [-0.3, -0.25) is 0 Å². The van der Waals surface area contributed by atoms with Crippen LogP contribution in [0.4, 0.5) is 0 Å². The first-order chi connectivity index (χ1) is 9.28. The van der Waals surface area contributed by atoms with Crippen LogP contribution in [0.2, 0.25) is 0 Å². The van der Waals surface area contributed by atoms with Crippen LogP contribution < -0.4 is 22.0 Å². The smallest absolute Gasteiger partial charge is 0.114 e. The van der Waals surface area contributed by atoms with Gasteiger partial charge in [0.15, 0.2) is 0 Å². The number of halogens is 1. The summed E-state index contributed by atoms with van der Waals surface area (Å²) in [6, 6.07) is 0. The number of unbranched alkanes of at least 4 members (excludes halogenated alkanes) is 2. The molecule has 0 aromatic rings. The van der Waals surface area contributed by atoms with Crippen LogP contribution in [0, 0.1) is 0 Å². The SMILES string of the molecule is CCCCC(CCC)O[I+]OC(CCC)CCCC. The van der Waals surface area contributed by atoms with E-state index in [1.54, 1.807) is 0 Å². The summed E-state index contributed by atoms with van der Waals surface area (Å²) in [5, 5.41) is 0. The Labute approximate surface area is 132 Å². The van der Waals surface area contributed by atoms with E-state index >= 15 is 0 Å². The monoisotopic (exact) mass is 385 g/mol. The highest BCUT2D eigenvalue weighted by molar-refractivity contribution is 4.55. The fraction of sp³-hybridized carbons (Fsp3) is 1.00. The van der Waals surface area contributed by atoms with Gasteiger partial charge in [0.1, 0.15) is 12.2 Å². The predicted octanol–water partition coefficient (Wildman–Crippen LogP) is 2.66. The van der Waals surface area contributed by atoms with Gasteiger partial charge in [-0.1, -0.05) is 66.2 Å². The van der Waals surface area contributed by atoms with E-state index in [4.69, 9.17) is 6.13 Å². The van der Waals surface area contributed by atoms with E-state index < -0.39 is 22.0 Å². The number of hydrogen-bond acceptors (Lipinski definition) is 2. The molecule has 0 fully saturated rings. The molecule has 2 nitrogen and oxygen atoms in total. The molecule has 0 saturated heterocycles. The zero-order valence-corrected chi connectivity index (χ0v) is 15.6. The van der Waals surface area contributed by atoms with Gasteiger partial charge in [0, 0.05) is 0 Å². The Morgan fingerprint density at radius 1 is 0.632 bits per heavy atom. The molecule has 0 aliphatic carbocycles. The Bertz CT molecular complexity index is 158. The van der Waals surface area contributed by atoms with Gasteiger partial charge in [-0.2, -0.15) is 0 Å². The van der Waals surface area contributed by atoms with E-state index in [0.29, 0.717) is 12.2 Å². The first kappa shape index (κ1) is 19.7. The molecule has 0 aromatic carbocycles. The minimum atomic E-state index is -0.516. The third-order valence-electron chi connectivity index (χ3n) is 3.31. The third kappa shape index (κ3) is 12.1. The minimum absolute atomic E-state index is 0.450. The standard InChI is InChI=1S/C16H34IO2/c1-5-9-13-15(11-7-3)18-17-19-16(12-8-4)14-10-6-2/h15-16H,5-14H2,1-4H3/q+1. The van der Waals surface area contributed by atoms with Crippen molar-refractivity contribution < 1.29 is 28.2 Å². The summed E-state index contributed by atoms with van der Waals surface area (Å²) in [4.78, 5) is 0. The maximum Gasteiger partial charge on any atom is 0.704 e. The van der Waals surface area contributed by atoms with Gasteiger partial charge < -0.3 is 0 Å². The van der Waals surface area contributed by atoms with Crippen molar-refractivity contribution in [3.8, 4) is 0 Å². The van der Waals surface area contributed by atoms with Crippen molar-refractivity contribution in [2.75, 3.05) is 0 Å². The zero-order valence-electron chi connectivity index (χ0n) is 13.4. The lowest BCUT2D eigenvalue weighted by molar-refractivity contribution is -1.08. The third-order valence-corrected chi connectivity index (χ3v) is 5.16. The first-order valence-corrected chi connectivity index (χ1v) is 10.0. The maximum absolute atomic E-state index is 6.03. The second-order valence-electron chi connectivity index (χ2n) is 5.35. The van der Waals surface area contributed by atoms with Crippen molar-refractivity contribution in [3.05, 3.63) is 0 Å². The zero-order chi connectivity index (χ0) is 14.3. The maximum atomic E-state index is 6.03. The lowest BCUT2D eigenvalue weighted by Gasteiger charge is -2.10. The topological polar surface area (TPSA) is 18.5 Å². The molecule has 19 heavy (non-hydrogen) atoms. The van der Waals surface area contributed by atoms with E-state index in [0.717, 1.165) is 0 Å². The largest absolute Gasteiger partial charge is 0.704 e. The van der Waals surface area contributed by atoms with Gasteiger partial charge >= 0.3 is 22.0 Å². The van der Waals surface area contributed by atoms with Crippen LogP contribution in [0.3, 0.4) is 0 Å². The average Bonchev–Trinajstić information content (AvgIpc) is 2.42. The van der Waals surface area contributed by atoms with Gasteiger partial charge in [0.05, 0.1) is 0 Å². The van der Waals surface area contributed by atoms with E-state index in [1.165, 1.54) is 64.2 Å². The Kier molecular flexibility index (Phi) is 15.6. The van der Waals surface area contributed by atoms with Crippen LogP contribution in [0.1, 0.15) is 91.9 Å². The van der Waals surface area contributed by atoms with Crippen LogP contribution in [0.15, 0.2) is 0 Å². The normalized spacial score (nSPS) is 14.5. The van der Waals surface area contributed by atoms with E-state index in [2.05, 4.69) is 27.7 Å². The lowest BCUT2D eigenvalue weighted by atomic mass is 10.1. The summed E-state index contributed by atoms with van der Waals surface area (Å²) in [5.74, 6) is 0. The summed E-state index contributed by atoms with van der Waals surface area (Å²) >= 11 is -0.516. The average molecular weight is 385 g/mol. The Hall–Kier alpha value is 0.650. The number of rotatable bonds is 14. The molecule has 116 valence electrons. The van der Waals surface area contributed by atoms with E-state index in [1.807, 2.05) is 0 Å². The molecule has 2 unspecified atom stereocenters. The summed E-state index contributed by atoms with van der Waals surface area (Å²) in [5.41, 5.74) is 0. The molecule has 0 radical (unpaired) electrons. The molecule has 0 bridgehead atoms. The van der Waals surface area contributed by atoms with Gasteiger partial charge in [-0.15, -0.1) is 6.13 Å². The van der Waals surface area contributed by atoms with Crippen molar-refractivity contribution in [2.45, 2.75) is 104 Å². The summed E-state index contributed by atoms with van der Waals surface area (Å²) in [6.07, 6.45) is 13.2. The predicted molar refractivity (Wildman–Crippen MR) is 78.6 cm³/mol. The minimum Gasteiger partial charge on any atom is -0.114 e. The molecule has 0 aliphatic rings. The second kappa shape index (κ2) is 15.0. The van der Waals surface area contributed by atoms with Crippen molar-refractivity contribution in [3.63, 3.8) is 0 Å². The Morgan fingerprint density at radius 3 is 1.37 bits per heavy atom. The Balaban J connectivity index is 3.83. The van der Waals surface area contributed by atoms with Crippen LogP contribution in [-0.4, -0.2) is 12.2 Å². The van der Waals surface area contributed by atoms with Crippen molar-refractivity contribution in [1.82, 2.24) is 0 Å². The fourth-order valence-electron chi connectivity index (χ4n) is 2.10. The van der Waals surface area contributed by atoms with Gasteiger partial charge in [-0.05, 0) is 25.7 Å². The van der Waals surface area contributed by atoms with Crippen LogP contribution in [-0.2, 0) is 6.13 Å². The highest BCUT2D eigenvalue weighted by atomic mass is 127. The molecule has 0 spiro atoms. The van der Waals surface area contributed by atoms with E-state index in [9.17, 15) is 0 Å². The molecule has 0 aromatic heterocycles. The van der Waals surface area contributed by atoms with Crippen molar-refractivity contribution >= 4 is 0 Å². The summed E-state index contributed by atoms with van der Waals surface area (Å²) in [6.45, 7) is 8.97. The van der Waals surface area contributed by atoms with Gasteiger partial charge in [-0.25, -0.2) is 0 Å². The lowest BCUT2D eigenvalue weighted by Crippen LogP contribution is -3.62. The molecule has 0 N–H and O–H groups in total. The van der Waals surface area contributed by atoms with E-state index in [-0.39, 0.29) is 0 Å². The molecule has 0 saturated carbocycles. The van der Waals surface area contributed by atoms with Crippen molar-refractivity contribution in [1.29, 1.82) is 0 Å². The summed E-state index contributed by atoms with van der Waals surface area (Å²) in [7, 11) is 0. The number of hydrogen-bond donors (Lipinski definition) is 0. The molecule has 2 atom stereocenters. The molecule has 0 rings (SSSR count). The molecule has 0 amide bonds.